The minimum Gasteiger partial charge on any atom is -0.480 e. The number of carbonyl (C=O) groups excluding carboxylic acids is 1. The summed E-state index contributed by atoms with van der Waals surface area (Å²) in [5.74, 6) is -0.971. The molecule has 100 valence electrons. The summed E-state index contributed by atoms with van der Waals surface area (Å²) in [6.07, 6.45) is 1.26. The van der Waals surface area contributed by atoms with Gasteiger partial charge in [-0.1, -0.05) is 27.7 Å². The SMILES string of the molecule is CCC(C(=O)O)N(C)C(=O)NCCC(C)(C)C. The summed E-state index contributed by atoms with van der Waals surface area (Å²) in [5.41, 5.74) is 0.156. The fourth-order valence-corrected chi connectivity index (χ4v) is 1.42. The van der Waals surface area contributed by atoms with E-state index in [0.29, 0.717) is 13.0 Å². The highest BCUT2D eigenvalue weighted by Crippen LogP contribution is 2.17. The molecule has 0 aliphatic carbocycles. The van der Waals surface area contributed by atoms with E-state index in [4.69, 9.17) is 5.11 Å². The second-order valence-corrected chi connectivity index (χ2v) is 5.42. The van der Waals surface area contributed by atoms with Crippen molar-refractivity contribution in [2.45, 2.75) is 46.6 Å². The lowest BCUT2D eigenvalue weighted by atomic mass is 9.92. The molecule has 0 radical (unpaired) electrons. The predicted molar refractivity (Wildman–Crippen MR) is 66.9 cm³/mol. The molecule has 0 aromatic carbocycles. The number of carboxylic acids is 1. The molecular formula is C12H24N2O3. The minimum absolute atomic E-state index is 0.156. The molecule has 1 atom stereocenters. The molecule has 2 amide bonds. The quantitative estimate of drug-likeness (QED) is 0.776. The van der Waals surface area contributed by atoms with Crippen LogP contribution in [0.25, 0.3) is 0 Å². The molecule has 5 heteroatoms. The van der Waals surface area contributed by atoms with E-state index in [1.807, 2.05) is 0 Å². The zero-order valence-electron chi connectivity index (χ0n) is 11.4. The molecule has 1 unspecified atom stereocenters. The Morgan fingerprint density at radius 3 is 2.24 bits per heavy atom. The molecule has 0 aromatic heterocycles. The summed E-state index contributed by atoms with van der Waals surface area (Å²) in [6, 6.07) is -1.09. The zero-order valence-corrected chi connectivity index (χ0v) is 11.4. The first-order valence-electron chi connectivity index (χ1n) is 5.92. The predicted octanol–water partition coefficient (Wildman–Crippen LogP) is 1.93. The lowest BCUT2D eigenvalue weighted by Gasteiger charge is -2.25. The van der Waals surface area contributed by atoms with Gasteiger partial charge in [0.15, 0.2) is 0 Å². The van der Waals surface area contributed by atoms with Gasteiger partial charge in [0.05, 0.1) is 0 Å². The van der Waals surface area contributed by atoms with Gasteiger partial charge in [-0.2, -0.15) is 0 Å². The summed E-state index contributed by atoms with van der Waals surface area (Å²) in [4.78, 5) is 23.8. The van der Waals surface area contributed by atoms with Crippen LogP contribution in [0.4, 0.5) is 4.79 Å². The number of rotatable bonds is 5. The van der Waals surface area contributed by atoms with Crippen molar-refractivity contribution in [1.82, 2.24) is 10.2 Å². The van der Waals surface area contributed by atoms with Crippen LogP contribution in [0, 0.1) is 5.41 Å². The van der Waals surface area contributed by atoms with Crippen LogP contribution in [0.2, 0.25) is 0 Å². The van der Waals surface area contributed by atoms with E-state index in [-0.39, 0.29) is 11.4 Å². The van der Waals surface area contributed by atoms with Crippen molar-refractivity contribution in [2.24, 2.45) is 5.41 Å². The third-order valence-corrected chi connectivity index (χ3v) is 2.61. The molecule has 0 aliphatic heterocycles. The molecule has 2 N–H and O–H groups in total. The van der Waals surface area contributed by atoms with Crippen LogP contribution < -0.4 is 5.32 Å². The van der Waals surface area contributed by atoms with Crippen LogP contribution in [0.5, 0.6) is 0 Å². The van der Waals surface area contributed by atoms with Crippen molar-refractivity contribution >= 4 is 12.0 Å². The van der Waals surface area contributed by atoms with E-state index in [1.54, 1.807) is 6.92 Å². The average molecular weight is 244 g/mol. The van der Waals surface area contributed by atoms with Gasteiger partial charge >= 0.3 is 12.0 Å². The summed E-state index contributed by atoms with van der Waals surface area (Å²) in [5, 5.41) is 11.7. The molecule has 0 aliphatic rings. The first-order chi connectivity index (χ1) is 7.69. The van der Waals surface area contributed by atoms with Crippen LogP contribution >= 0.6 is 0 Å². The Hall–Kier alpha value is -1.26. The van der Waals surface area contributed by atoms with Gasteiger partial charge in [-0.15, -0.1) is 0 Å². The maximum absolute atomic E-state index is 11.7. The number of likely N-dealkylation sites (N-methyl/N-ethyl adjacent to an activating group) is 1. The van der Waals surface area contributed by atoms with Gasteiger partial charge in [0.25, 0.3) is 0 Å². The Morgan fingerprint density at radius 2 is 1.88 bits per heavy atom. The van der Waals surface area contributed by atoms with Crippen molar-refractivity contribution in [3.8, 4) is 0 Å². The van der Waals surface area contributed by atoms with Crippen LogP contribution in [0.15, 0.2) is 0 Å². The van der Waals surface area contributed by atoms with E-state index in [2.05, 4.69) is 26.1 Å². The summed E-state index contributed by atoms with van der Waals surface area (Å²) >= 11 is 0. The molecule has 0 bridgehead atoms. The first-order valence-corrected chi connectivity index (χ1v) is 5.92. The van der Waals surface area contributed by atoms with Crippen molar-refractivity contribution in [3.63, 3.8) is 0 Å². The highest BCUT2D eigenvalue weighted by Gasteiger charge is 2.24. The molecule has 5 nitrogen and oxygen atoms in total. The highest BCUT2D eigenvalue weighted by atomic mass is 16.4. The number of nitrogens with one attached hydrogen (secondary N) is 1. The topological polar surface area (TPSA) is 69.6 Å². The second kappa shape index (κ2) is 6.47. The van der Waals surface area contributed by atoms with Crippen LogP contribution in [-0.2, 0) is 4.79 Å². The van der Waals surface area contributed by atoms with Crippen LogP contribution in [0.1, 0.15) is 40.5 Å². The lowest BCUT2D eigenvalue weighted by molar-refractivity contribution is -0.141. The average Bonchev–Trinajstić information content (AvgIpc) is 2.15. The molecule has 0 fully saturated rings. The Bertz CT molecular complexity index is 271. The van der Waals surface area contributed by atoms with E-state index in [0.717, 1.165) is 6.42 Å². The fraction of sp³-hybridized carbons (Fsp3) is 0.833. The number of urea groups is 1. The lowest BCUT2D eigenvalue weighted by Crippen LogP contribution is -2.47. The number of carboxylic acid groups (broad SMARTS) is 1. The van der Waals surface area contributed by atoms with Gasteiger partial charge in [-0.25, -0.2) is 9.59 Å². The molecule has 0 heterocycles. The van der Waals surface area contributed by atoms with E-state index < -0.39 is 12.0 Å². The fourth-order valence-electron chi connectivity index (χ4n) is 1.42. The number of nitrogens with zero attached hydrogens (tertiary/aromatic N) is 1. The third-order valence-electron chi connectivity index (χ3n) is 2.61. The molecule has 0 rings (SSSR count). The van der Waals surface area contributed by atoms with Crippen molar-refractivity contribution < 1.29 is 14.7 Å². The number of aliphatic carboxylic acids is 1. The van der Waals surface area contributed by atoms with Gasteiger partial charge < -0.3 is 15.3 Å². The smallest absolute Gasteiger partial charge is 0.326 e. The largest absolute Gasteiger partial charge is 0.480 e. The van der Waals surface area contributed by atoms with Gasteiger partial charge in [-0.3, -0.25) is 0 Å². The van der Waals surface area contributed by atoms with E-state index >= 15 is 0 Å². The maximum Gasteiger partial charge on any atom is 0.326 e. The molecule has 0 spiro atoms. The second-order valence-electron chi connectivity index (χ2n) is 5.42. The monoisotopic (exact) mass is 244 g/mol. The van der Waals surface area contributed by atoms with Gasteiger partial charge in [0.2, 0.25) is 0 Å². The van der Waals surface area contributed by atoms with Gasteiger partial charge in [-0.05, 0) is 18.3 Å². The van der Waals surface area contributed by atoms with Crippen molar-refractivity contribution in [2.75, 3.05) is 13.6 Å². The van der Waals surface area contributed by atoms with Crippen molar-refractivity contribution in [1.29, 1.82) is 0 Å². The number of carbonyl (C=O) groups is 2. The van der Waals surface area contributed by atoms with Crippen molar-refractivity contribution in [3.05, 3.63) is 0 Å². The summed E-state index contributed by atoms with van der Waals surface area (Å²) < 4.78 is 0. The number of hydrogen-bond donors (Lipinski definition) is 2. The Morgan fingerprint density at radius 1 is 1.35 bits per heavy atom. The van der Waals surface area contributed by atoms with Gasteiger partial charge in [0.1, 0.15) is 6.04 Å². The molecule has 0 saturated heterocycles. The number of amides is 2. The molecule has 0 saturated carbocycles. The number of hydrogen-bond acceptors (Lipinski definition) is 2. The summed E-state index contributed by atoms with van der Waals surface area (Å²) in [7, 11) is 1.51. The minimum atomic E-state index is -0.971. The zero-order chi connectivity index (χ0) is 13.6. The maximum atomic E-state index is 11.7. The Kier molecular flexibility index (Phi) is 5.99. The first kappa shape index (κ1) is 15.7. The van der Waals surface area contributed by atoms with Gasteiger partial charge in [0, 0.05) is 13.6 Å². The van der Waals surface area contributed by atoms with Crippen LogP contribution in [-0.4, -0.2) is 41.6 Å². The highest BCUT2D eigenvalue weighted by molar-refractivity contribution is 5.82. The molecule has 0 aromatic rings. The molecular weight excluding hydrogens is 220 g/mol. The van der Waals surface area contributed by atoms with E-state index in [1.165, 1.54) is 11.9 Å². The molecule has 17 heavy (non-hydrogen) atoms. The van der Waals surface area contributed by atoms with E-state index in [9.17, 15) is 9.59 Å². The third kappa shape index (κ3) is 6.14. The van der Waals surface area contributed by atoms with Crippen LogP contribution in [0.3, 0.4) is 0 Å². The Balaban J connectivity index is 4.18. The standard InChI is InChI=1S/C12H24N2O3/c1-6-9(10(15)16)14(5)11(17)13-8-7-12(2,3)4/h9H,6-8H2,1-5H3,(H,13,17)(H,15,16). The summed E-state index contributed by atoms with van der Waals surface area (Å²) in [6.45, 7) is 8.58. The Labute approximate surface area is 103 Å². The normalized spacial score (nSPS) is 13.0.